The molecule has 0 fully saturated rings. The Balaban J connectivity index is 1.38. The maximum absolute atomic E-state index is 11.8. The van der Waals surface area contributed by atoms with Crippen LogP contribution >= 0.6 is 0 Å². The molecule has 0 atom stereocenters. The van der Waals surface area contributed by atoms with Crippen LogP contribution in [0.1, 0.15) is 23.6 Å². The highest BCUT2D eigenvalue weighted by Crippen LogP contribution is 2.32. The standard InChI is InChI=1S/C21H23N3O6/c1-13-6-14(2)8-17(7-13)27-10-20(25)22-23-21(26)11-30-24-15(3)16-4-5-18-19(9-16)29-12-28-18/h4-9H,10-12H2,1-3H3,(H,22,25)(H,23,26)/b24-15-. The molecule has 158 valence electrons. The summed E-state index contributed by atoms with van der Waals surface area (Å²) in [6.07, 6.45) is 0. The molecule has 0 saturated carbocycles. The monoisotopic (exact) mass is 413 g/mol. The molecule has 2 aromatic carbocycles. The van der Waals surface area contributed by atoms with Gasteiger partial charge >= 0.3 is 0 Å². The summed E-state index contributed by atoms with van der Waals surface area (Å²) in [5.41, 5.74) is 7.90. The molecule has 2 aromatic rings. The van der Waals surface area contributed by atoms with E-state index in [-0.39, 0.29) is 20.0 Å². The molecule has 3 rings (SSSR count). The average Bonchev–Trinajstić information content (AvgIpc) is 3.17. The molecule has 9 heteroatoms. The molecule has 0 aliphatic carbocycles. The van der Waals surface area contributed by atoms with Gasteiger partial charge in [-0.3, -0.25) is 20.4 Å². The summed E-state index contributed by atoms with van der Waals surface area (Å²) in [5, 5.41) is 3.90. The number of nitrogens with zero attached hydrogens (tertiary/aromatic N) is 1. The zero-order chi connectivity index (χ0) is 21.5. The van der Waals surface area contributed by atoms with E-state index in [4.69, 9.17) is 19.0 Å². The van der Waals surface area contributed by atoms with Crippen LogP contribution in [0.25, 0.3) is 0 Å². The van der Waals surface area contributed by atoms with E-state index in [2.05, 4.69) is 16.0 Å². The highest BCUT2D eigenvalue weighted by Gasteiger charge is 2.14. The fourth-order valence-electron chi connectivity index (χ4n) is 2.74. The Morgan fingerprint density at radius 3 is 2.37 bits per heavy atom. The number of hydrogen-bond donors (Lipinski definition) is 2. The summed E-state index contributed by atoms with van der Waals surface area (Å²) in [6, 6.07) is 11.0. The molecule has 0 saturated heterocycles. The van der Waals surface area contributed by atoms with E-state index in [0.717, 1.165) is 16.7 Å². The summed E-state index contributed by atoms with van der Waals surface area (Å²) in [4.78, 5) is 28.6. The van der Waals surface area contributed by atoms with E-state index >= 15 is 0 Å². The van der Waals surface area contributed by atoms with Gasteiger partial charge in [-0.2, -0.15) is 0 Å². The van der Waals surface area contributed by atoms with Crippen LogP contribution in [0.2, 0.25) is 0 Å². The molecule has 0 aromatic heterocycles. The maximum atomic E-state index is 11.8. The van der Waals surface area contributed by atoms with Crippen LogP contribution in [0.5, 0.6) is 17.2 Å². The first-order valence-electron chi connectivity index (χ1n) is 9.26. The SMILES string of the molecule is C/C(=N/OCC(=O)NNC(=O)COc1cc(C)cc(C)c1)c1ccc2c(c1)OCO2. The number of fused-ring (bicyclic) bond motifs is 1. The van der Waals surface area contributed by atoms with Crippen LogP contribution in [-0.4, -0.2) is 37.5 Å². The molecule has 2 N–H and O–H groups in total. The van der Waals surface area contributed by atoms with Gasteiger partial charge < -0.3 is 19.0 Å². The van der Waals surface area contributed by atoms with E-state index in [1.807, 2.05) is 38.1 Å². The number of rotatable bonds is 7. The van der Waals surface area contributed by atoms with Crippen LogP contribution in [0.15, 0.2) is 41.6 Å². The summed E-state index contributed by atoms with van der Waals surface area (Å²) < 4.78 is 16.0. The number of oxime groups is 1. The summed E-state index contributed by atoms with van der Waals surface area (Å²) >= 11 is 0. The molecule has 0 radical (unpaired) electrons. The van der Waals surface area contributed by atoms with Crippen LogP contribution < -0.4 is 25.1 Å². The van der Waals surface area contributed by atoms with Crippen molar-refractivity contribution in [2.24, 2.45) is 5.16 Å². The van der Waals surface area contributed by atoms with Crippen molar-refractivity contribution in [1.82, 2.24) is 10.9 Å². The first kappa shape index (κ1) is 21.0. The quantitative estimate of drug-likeness (QED) is 0.531. The van der Waals surface area contributed by atoms with Gasteiger partial charge in [-0.25, -0.2) is 0 Å². The zero-order valence-electron chi connectivity index (χ0n) is 17.0. The number of aryl methyl sites for hydroxylation is 2. The first-order chi connectivity index (χ1) is 14.4. The van der Waals surface area contributed by atoms with E-state index < -0.39 is 11.8 Å². The minimum atomic E-state index is -0.558. The van der Waals surface area contributed by atoms with E-state index in [1.54, 1.807) is 19.1 Å². The molecule has 2 amide bonds. The molecular formula is C21H23N3O6. The van der Waals surface area contributed by atoms with Crippen molar-refractivity contribution in [2.75, 3.05) is 20.0 Å². The van der Waals surface area contributed by atoms with Crippen molar-refractivity contribution >= 4 is 17.5 Å². The lowest BCUT2D eigenvalue weighted by Gasteiger charge is -2.09. The molecule has 0 unspecified atom stereocenters. The Labute approximate surface area is 173 Å². The third-order valence-electron chi connectivity index (χ3n) is 4.09. The largest absolute Gasteiger partial charge is 0.484 e. The second kappa shape index (κ2) is 9.64. The summed E-state index contributed by atoms with van der Waals surface area (Å²) in [5.74, 6) is 0.833. The van der Waals surface area contributed by atoms with Gasteiger partial charge in [0.15, 0.2) is 24.7 Å². The van der Waals surface area contributed by atoms with Crippen LogP contribution in [-0.2, 0) is 14.4 Å². The van der Waals surface area contributed by atoms with Crippen LogP contribution in [0, 0.1) is 13.8 Å². The minimum Gasteiger partial charge on any atom is -0.484 e. The van der Waals surface area contributed by atoms with Gasteiger partial charge in [-0.05, 0) is 62.2 Å². The number of nitrogens with one attached hydrogen (secondary N) is 2. The normalized spacial score (nSPS) is 12.3. The molecule has 1 aliphatic rings. The van der Waals surface area contributed by atoms with E-state index in [0.29, 0.717) is 23.0 Å². The Morgan fingerprint density at radius 2 is 1.63 bits per heavy atom. The maximum Gasteiger partial charge on any atom is 0.279 e. The minimum absolute atomic E-state index is 0.188. The topological polar surface area (TPSA) is 107 Å². The second-order valence-electron chi connectivity index (χ2n) is 6.73. The molecule has 1 heterocycles. The Morgan fingerprint density at radius 1 is 0.967 bits per heavy atom. The van der Waals surface area contributed by atoms with Gasteiger partial charge in [0.2, 0.25) is 6.79 Å². The number of carbonyl (C=O) groups excluding carboxylic acids is 2. The summed E-state index contributed by atoms with van der Waals surface area (Å²) in [7, 11) is 0. The fraction of sp³-hybridized carbons (Fsp3) is 0.286. The molecule has 9 nitrogen and oxygen atoms in total. The van der Waals surface area contributed by atoms with Gasteiger partial charge in [-0.15, -0.1) is 0 Å². The van der Waals surface area contributed by atoms with Gasteiger partial charge in [0, 0.05) is 5.56 Å². The number of carbonyl (C=O) groups is 2. The lowest BCUT2D eigenvalue weighted by atomic mass is 10.1. The van der Waals surface area contributed by atoms with Crippen molar-refractivity contribution in [3.05, 3.63) is 53.1 Å². The van der Waals surface area contributed by atoms with Gasteiger partial charge in [-0.1, -0.05) is 11.2 Å². The van der Waals surface area contributed by atoms with E-state index in [1.165, 1.54) is 0 Å². The predicted octanol–water partition coefficient (Wildman–Crippen LogP) is 2.00. The third kappa shape index (κ3) is 5.87. The number of amides is 2. The average molecular weight is 413 g/mol. The van der Waals surface area contributed by atoms with Gasteiger partial charge in [0.1, 0.15) is 5.75 Å². The van der Waals surface area contributed by atoms with Crippen molar-refractivity contribution < 1.29 is 28.6 Å². The van der Waals surface area contributed by atoms with Crippen molar-refractivity contribution in [1.29, 1.82) is 0 Å². The molecule has 0 spiro atoms. The number of hydrogen-bond acceptors (Lipinski definition) is 7. The van der Waals surface area contributed by atoms with Crippen molar-refractivity contribution in [3.63, 3.8) is 0 Å². The van der Waals surface area contributed by atoms with E-state index in [9.17, 15) is 9.59 Å². The summed E-state index contributed by atoms with van der Waals surface area (Å²) in [6.45, 7) is 5.22. The molecular weight excluding hydrogens is 390 g/mol. The second-order valence-corrected chi connectivity index (χ2v) is 6.73. The van der Waals surface area contributed by atoms with Gasteiger partial charge in [0.25, 0.3) is 11.8 Å². The molecule has 30 heavy (non-hydrogen) atoms. The number of benzene rings is 2. The van der Waals surface area contributed by atoms with Crippen LogP contribution in [0.3, 0.4) is 0 Å². The Kier molecular flexibility index (Phi) is 6.74. The molecule has 0 bridgehead atoms. The van der Waals surface area contributed by atoms with Gasteiger partial charge in [0.05, 0.1) is 5.71 Å². The van der Waals surface area contributed by atoms with Crippen molar-refractivity contribution in [2.45, 2.75) is 20.8 Å². The fourth-order valence-corrected chi connectivity index (χ4v) is 2.74. The number of hydrazine groups is 1. The van der Waals surface area contributed by atoms with Crippen LogP contribution in [0.4, 0.5) is 0 Å². The zero-order valence-corrected chi connectivity index (χ0v) is 17.0. The highest BCUT2D eigenvalue weighted by atomic mass is 16.7. The first-order valence-corrected chi connectivity index (χ1v) is 9.26. The highest BCUT2D eigenvalue weighted by molar-refractivity contribution is 5.99. The molecule has 1 aliphatic heterocycles. The Hall–Kier alpha value is -3.75. The lowest BCUT2D eigenvalue weighted by Crippen LogP contribution is -2.45. The van der Waals surface area contributed by atoms with Crippen molar-refractivity contribution in [3.8, 4) is 17.2 Å². The third-order valence-corrected chi connectivity index (χ3v) is 4.09. The predicted molar refractivity (Wildman–Crippen MR) is 108 cm³/mol. The number of ether oxygens (including phenoxy) is 3. The smallest absolute Gasteiger partial charge is 0.279 e. The lowest BCUT2D eigenvalue weighted by molar-refractivity contribution is -0.132. The Bertz CT molecular complexity index is 953.